The summed E-state index contributed by atoms with van der Waals surface area (Å²) in [4.78, 5) is 22.6. The summed E-state index contributed by atoms with van der Waals surface area (Å²) < 4.78 is 85.6. The van der Waals surface area contributed by atoms with Gasteiger partial charge >= 0.3 is 26.8 Å². The fourth-order valence-electron chi connectivity index (χ4n) is 3.05. The molecule has 7 N–H and O–H groups in total. The van der Waals surface area contributed by atoms with Crippen LogP contribution in [0.15, 0.2) is 11.8 Å². The summed E-state index contributed by atoms with van der Waals surface area (Å²) in [6.07, 6.45) is -13.6. The van der Waals surface area contributed by atoms with Crippen molar-refractivity contribution in [3.63, 3.8) is 0 Å². The number of carboxylic acid groups (broad SMARTS) is 1. The SMILES string of the molecule is CC(=O)NC1C(O)OC(COS(=O)(=O)O)C(OC2OC(C(=O)O)=CC(O)C2OS(=O)(=O)O)C1O. The molecule has 1 fully saturated rings. The normalized spacial score (nSPS) is 34.6. The van der Waals surface area contributed by atoms with E-state index in [2.05, 4.69) is 13.7 Å². The number of carboxylic acids is 1. The molecule has 8 unspecified atom stereocenters. The van der Waals surface area contributed by atoms with Crippen LogP contribution in [0.1, 0.15) is 6.92 Å². The molecular weight excluding hydrogens is 518 g/mol. The van der Waals surface area contributed by atoms with E-state index < -0.39 is 94.2 Å². The van der Waals surface area contributed by atoms with Crippen LogP contribution in [-0.4, -0.2) is 114 Å². The molecule has 2 aliphatic heterocycles. The molecule has 0 bridgehead atoms. The van der Waals surface area contributed by atoms with Crippen LogP contribution >= 0.6 is 0 Å². The van der Waals surface area contributed by atoms with Gasteiger partial charge < -0.3 is 40.0 Å². The maximum absolute atomic E-state index is 11.4. The van der Waals surface area contributed by atoms with Gasteiger partial charge in [-0.25, -0.2) is 13.2 Å². The number of ether oxygens (including phenoxy) is 3. The number of aliphatic carboxylic acids is 1. The zero-order chi connectivity index (χ0) is 26.0. The van der Waals surface area contributed by atoms with Gasteiger partial charge in [-0.05, 0) is 6.08 Å². The molecular formula is C14H21NO17S2. The molecule has 1 saturated heterocycles. The van der Waals surface area contributed by atoms with E-state index >= 15 is 0 Å². The van der Waals surface area contributed by atoms with Gasteiger partial charge in [0, 0.05) is 6.92 Å². The van der Waals surface area contributed by atoms with E-state index in [0.29, 0.717) is 6.08 Å². The number of amides is 1. The van der Waals surface area contributed by atoms with Crippen molar-refractivity contribution in [1.82, 2.24) is 5.32 Å². The van der Waals surface area contributed by atoms with Crippen molar-refractivity contribution in [3.05, 3.63) is 11.8 Å². The predicted octanol–water partition coefficient (Wildman–Crippen LogP) is -4.35. The first kappa shape index (κ1) is 28.3. The van der Waals surface area contributed by atoms with Crippen LogP contribution in [0.4, 0.5) is 0 Å². The van der Waals surface area contributed by atoms with Crippen LogP contribution < -0.4 is 5.32 Å². The number of rotatable bonds is 9. The molecule has 20 heteroatoms. The molecule has 1 amide bonds. The lowest BCUT2D eigenvalue weighted by Crippen LogP contribution is -2.66. The van der Waals surface area contributed by atoms with Crippen LogP contribution in [0.2, 0.25) is 0 Å². The molecule has 0 spiro atoms. The van der Waals surface area contributed by atoms with Crippen molar-refractivity contribution >= 4 is 32.7 Å². The van der Waals surface area contributed by atoms with Crippen molar-refractivity contribution in [2.24, 2.45) is 0 Å². The van der Waals surface area contributed by atoms with Gasteiger partial charge in [0.05, 0.1) is 6.61 Å². The van der Waals surface area contributed by atoms with E-state index in [0.717, 1.165) is 6.92 Å². The molecule has 2 aliphatic rings. The van der Waals surface area contributed by atoms with Crippen molar-refractivity contribution < 1.29 is 78.5 Å². The number of hydrogen-bond donors (Lipinski definition) is 7. The molecule has 2 rings (SSSR count). The summed E-state index contributed by atoms with van der Waals surface area (Å²) >= 11 is 0. The zero-order valence-corrected chi connectivity index (χ0v) is 18.5. The second-order valence-corrected chi connectivity index (χ2v) is 9.04. The van der Waals surface area contributed by atoms with Crippen molar-refractivity contribution in [2.75, 3.05) is 6.61 Å². The van der Waals surface area contributed by atoms with Gasteiger partial charge in [-0.2, -0.15) is 16.8 Å². The summed E-state index contributed by atoms with van der Waals surface area (Å²) in [6, 6.07) is -1.63. The molecule has 0 aliphatic carbocycles. The fraction of sp³-hybridized carbons (Fsp3) is 0.714. The Morgan fingerprint density at radius 3 is 2.21 bits per heavy atom. The topological polar surface area (TPSA) is 282 Å². The van der Waals surface area contributed by atoms with Gasteiger partial charge in [0.15, 0.2) is 12.4 Å². The highest BCUT2D eigenvalue weighted by atomic mass is 32.3. The fourth-order valence-corrected chi connectivity index (χ4v) is 3.84. The molecule has 34 heavy (non-hydrogen) atoms. The average Bonchev–Trinajstić information content (AvgIpc) is 2.66. The van der Waals surface area contributed by atoms with E-state index in [9.17, 15) is 41.7 Å². The minimum atomic E-state index is -5.28. The van der Waals surface area contributed by atoms with Crippen LogP contribution in [0.5, 0.6) is 0 Å². The molecule has 0 saturated carbocycles. The van der Waals surface area contributed by atoms with Gasteiger partial charge in [-0.1, -0.05) is 0 Å². The third-order valence-corrected chi connectivity index (χ3v) is 5.25. The first-order chi connectivity index (χ1) is 15.5. The minimum absolute atomic E-state index is 0.509. The van der Waals surface area contributed by atoms with Gasteiger partial charge in [0.1, 0.15) is 30.5 Å². The second-order valence-electron chi connectivity index (χ2n) is 6.90. The highest BCUT2D eigenvalue weighted by Gasteiger charge is 2.50. The van der Waals surface area contributed by atoms with E-state index in [-0.39, 0.29) is 0 Å². The van der Waals surface area contributed by atoms with Gasteiger partial charge in [0.25, 0.3) is 0 Å². The molecule has 196 valence electrons. The first-order valence-corrected chi connectivity index (χ1v) is 11.7. The Labute approximate surface area is 191 Å². The predicted molar refractivity (Wildman–Crippen MR) is 99.9 cm³/mol. The van der Waals surface area contributed by atoms with Gasteiger partial charge in [0.2, 0.25) is 18.0 Å². The van der Waals surface area contributed by atoms with Crippen molar-refractivity contribution in [1.29, 1.82) is 0 Å². The van der Waals surface area contributed by atoms with Crippen LogP contribution in [-0.2, 0) is 53.0 Å². The maximum Gasteiger partial charge on any atom is 0.397 e. The third kappa shape index (κ3) is 7.78. The van der Waals surface area contributed by atoms with E-state index in [1.807, 2.05) is 0 Å². The van der Waals surface area contributed by atoms with E-state index in [1.165, 1.54) is 0 Å². The van der Waals surface area contributed by atoms with Crippen molar-refractivity contribution in [2.45, 2.75) is 56.1 Å². The quantitative estimate of drug-likeness (QED) is 0.136. The summed E-state index contributed by atoms with van der Waals surface area (Å²) in [5, 5.41) is 42.0. The number of hydrogen-bond acceptors (Lipinski definition) is 14. The summed E-state index contributed by atoms with van der Waals surface area (Å²) in [6.45, 7) is -0.117. The monoisotopic (exact) mass is 539 g/mol. The zero-order valence-electron chi connectivity index (χ0n) is 16.9. The maximum atomic E-state index is 11.4. The number of aliphatic hydroxyl groups is 3. The number of aliphatic hydroxyl groups excluding tert-OH is 3. The Morgan fingerprint density at radius 2 is 1.71 bits per heavy atom. The van der Waals surface area contributed by atoms with Crippen molar-refractivity contribution in [3.8, 4) is 0 Å². The van der Waals surface area contributed by atoms with Crippen LogP contribution in [0.25, 0.3) is 0 Å². The summed E-state index contributed by atoms with van der Waals surface area (Å²) in [5.74, 6) is -3.50. The molecule has 0 aromatic rings. The second kappa shape index (κ2) is 10.7. The lowest BCUT2D eigenvalue weighted by molar-refractivity contribution is -0.303. The smallest absolute Gasteiger partial charge is 0.397 e. The Morgan fingerprint density at radius 1 is 1.09 bits per heavy atom. The average molecular weight is 539 g/mol. The van der Waals surface area contributed by atoms with Crippen LogP contribution in [0, 0.1) is 0 Å². The van der Waals surface area contributed by atoms with E-state index in [1.54, 1.807) is 0 Å². The van der Waals surface area contributed by atoms with Crippen LogP contribution in [0.3, 0.4) is 0 Å². The Bertz CT molecular complexity index is 1010. The lowest BCUT2D eigenvalue weighted by atomic mass is 9.96. The third-order valence-electron chi connectivity index (χ3n) is 4.35. The molecule has 2 heterocycles. The largest absolute Gasteiger partial charge is 0.475 e. The van der Waals surface area contributed by atoms with Gasteiger partial charge in [-0.3, -0.25) is 13.9 Å². The number of nitrogens with one attached hydrogen (secondary N) is 1. The number of carbonyl (C=O) groups excluding carboxylic acids is 1. The Hall–Kier alpha value is -1.98. The Kier molecular flexibility index (Phi) is 8.93. The molecule has 0 aromatic carbocycles. The highest BCUT2D eigenvalue weighted by molar-refractivity contribution is 7.81. The lowest BCUT2D eigenvalue weighted by Gasteiger charge is -2.44. The Balaban J connectivity index is 2.41. The molecule has 18 nitrogen and oxygen atoms in total. The summed E-state index contributed by atoms with van der Waals surface area (Å²) in [7, 11) is -10.4. The van der Waals surface area contributed by atoms with Gasteiger partial charge in [-0.15, -0.1) is 0 Å². The molecule has 0 radical (unpaired) electrons. The molecule has 8 atom stereocenters. The standard InChI is InChI=1S/C14H21NO17S2/c1-4(16)15-8-9(18)11(7(29-13(8)21)3-28-33(22,23)24)31-14-10(32-34(25,26)27)5(17)2-6(30-14)12(19)20/h2,5,7-11,13-14,17-18,21H,3H2,1H3,(H,15,16)(H,19,20)(H,22,23,24)(H,25,26,27). The molecule has 0 aromatic heterocycles. The first-order valence-electron chi connectivity index (χ1n) is 9.00. The highest BCUT2D eigenvalue weighted by Crippen LogP contribution is 2.30. The summed E-state index contributed by atoms with van der Waals surface area (Å²) in [5.41, 5.74) is 0. The van der Waals surface area contributed by atoms with E-state index in [4.69, 9.17) is 28.4 Å². The minimum Gasteiger partial charge on any atom is -0.475 e. The number of carbonyl (C=O) groups is 2.